The van der Waals surface area contributed by atoms with Crippen molar-refractivity contribution >= 4 is 6.15 Å². The third kappa shape index (κ3) is 56.0. The molecular weight excluding hydrogens is 108 g/mol. The summed E-state index contributed by atoms with van der Waals surface area (Å²) in [7, 11) is 0. The van der Waals surface area contributed by atoms with Crippen molar-refractivity contribution < 1.29 is 14.7 Å². The summed E-state index contributed by atoms with van der Waals surface area (Å²) in [5.74, 6) is 0. The zero-order valence-electron chi connectivity index (χ0n) is 4.85. The summed E-state index contributed by atoms with van der Waals surface area (Å²) in [5.41, 5.74) is 0. The first kappa shape index (κ1) is 10.3. The Morgan fingerprint density at radius 1 is 1.38 bits per heavy atom. The average Bonchev–Trinajstić information content (AvgIpc) is 1.71. The minimum Gasteiger partial charge on any atom is -0.237 e. The monoisotopic (exact) mass is 117 g/mol. The van der Waals surface area contributed by atoms with Crippen LogP contribution in [-0.4, -0.2) is 12.8 Å². The Kier molecular flexibility index (Phi) is 21.0. The van der Waals surface area contributed by atoms with Crippen LogP contribution in [0.15, 0.2) is 0 Å². The van der Waals surface area contributed by atoms with Crippen LogP contribution in [-0.2, 0) is 14.7 Å². The number of unbranched alkanes of at least 4 members (excludes halogenated alkanes) is 1. The van der Waals surface area contributed by atoms with E-state index in [9.17, 15) is 5.11 Å². The van der Waals surface area contributed by atoms with E-state index in [1.54, 1.807) is 0 Å². The topological polar surface area (TPSA) is 54.0 Å². The third-order valence-electron chi connectivity index (χ3n) is 0.498. The first-order chi connectivity index (χ1) is 3.83. The summed E-state index contributed by atoms with van der Waals surface area (Å²) < 4.78 is 0. The molecule has 0 heterocycles. The average molecular weight is 117 g/mol. The molecule has 1 radical (unpaired) electrons. The summed E-state index contributed by atoms with van der Waals surface area (Å²) in [6, 6.07) is 0. The lowest BCUT2D eigenvalue weighted by Crippen LogP contribution is -1.72. The van der Waals surface area contributed by atoms with Crippen LogP contribution in [0.25, 0.3) is 0 Å². The van der Waals surface area contributed by atoms with Crippen LogP contribution in [0.5, 0.6) is 0 Å². The highest BCUT2D eigenvalue weighted by Crippen LogP contribution is 1.79. The normalized spacial score (nSPS) is 6.25. The molecule has 0 saturated heterocycles. The molecule has 0 unspecified atom stereocenters. The fraction of sp³-hybridized carbons (Fsp3) is 0.800. The zero-order chi connectivity index (χ0) is 6.83. The van der Waals surface area contributed by atoms with Gasteiger partial charge in [-0.05, 0) is 6.42 Å². The SMILES string of the molecule is CCCC[O].O=C=O. The minimum absolute atomic E-state index is 0.0938. The summed E-state index contributed by atoms with van der Waals surface area (Å²) in [5, 5.41) is 9.53. The molecule has 0 aromatic carbocycles. The standard InChI is InChI=1S/C4H9O.CO2/c1-2-3-4-5;2-1-3/h2-4H2,1H3;. The van der Waals surface area contributed by atoms with Crippen molar-refractivity contribution in [2.75, 3.05) is 6.61 Å². The Morgan fingerprint density at radius 2 is 1.75 bits per heavy atom. The molecule has 0 fully saturated rings. The van der Waals surface area contributed by atoms with Gasteiger partial charge in [-0.1, -0.05) is 13.3 Å². The summed E-state index contributed by atoms with van der Waals surface area (Å²) in [6.45, 7) is 2.11. The Labute approximate surface area is 48.3 Å². The van der Waals surface area contributed by atoms with Crippen LogP contribution in [0.4, 0.5) is 0 Å². The largest absolute Gasteiger partial charge is 0.373 e. The fourth-order valence-electron chi connectivity index (χ4n) is 0.144. The van der Waals surface area contributed by atoms with Crippen molar-refractivity contribution in [3.8, 4) is 0 Å². The van der Waals surface area contributed by atoms with Crippen molar-refractivity contribution in [2.45, 2.75) is 19.8 Å². The van der Waals surface area contributed by atoms with Crippen molar-refractivity contribution in [3.05, 3.63) is 0 Å². The fourth-order valence-corrected chi connectivity index (χ4v) is 0.144. The lowest BCUT2D eigenvalue weighted by molar-refractivity contribution is -0.191. The third-order valence-corrected chi connectivity index (χ3v) is 0.498. The smallest absolute Gasteiger partial charge is 0.237 e. The van der Waals surface area contributed by atoms with E-state index < -0.39 is 0 Å². The molecule has 0 saturated carbocycles. The van der Waals surface area contributed by atoms with Gasteiger partial charge in [-0.15, -0.1) is 0 Å². The second-order valence-corrected chi connectivity index (χ2v) is 1.14. The van der Waals surface area contributed by atoms with Crippen LogP contribution in [0.2, 0.25) is 0 Å². The second-order valence-electron chi connectivity index (χ2n) is 1.14. The van der Waals surface area contributed by atoms with Crippen LogP contribution in [0.3, 0.4) is 0 Å². The Bertz CT molecular complexity index is 52.7. The quantitative estimate of drug-likeness (QED) is 0.532. The van der Waals surface area contributed by atoms with Crippen molar-refractivity contribution in [1.82, 2.24) is 0 Å². The highest BCUT2D eigenvalue weighted by molar-refractivity contribution is 5.20. The molecule has 0 aromatic heterocycles. The molecule has 0 aromatic rings. The van der Waals surface area contributed by atoms with Gasteiger partial charge in [-0.2, -0.15) is 9.59 Å². The van der Waals surface area contributed by atoms with Gasteiger partial charge in [0.05, 0.1) is 6.61 Å². The molecule has 0 atom stereocenters. The maximum atomic E-state index is 9.53. The molecule has 0 aliphatic heterocycles. The molecule has 47 valence electrons. The van der Waals surface area contributed by atoms with Crippen molar-refractivity contribution in [3.63, 3.8) is 0 Å². The first-order valence-electron chi connectivity index (χ1n) is 2.40. The van der Waals surface area contributed by atoms with Gasteiger partial charge in [-0.25, -0.2) is 5.11 Å². The van der Waals surface area contributed by atoms with Gasteiger partial charge in [0, 0.05) is 0 Å². The van der Waals surface area contributed by atoms with Gasteiger partial charge in [0.25, 0.3) is 0 Å². The summed E-state index contributed by atoms with van der Waals surface area (Å²) >= 11 is 0. The molecule has 8 heavy (non-hydrogen) atoms. The van der Waals surface area contributed by atoms with Gasteiger partial charge in [0.15, 0.2) is 0 Å². The second kappa shape index (κ2) is 16.2. The highest BCUT2D eigenvalue weighted by Gasteiger charge is 1.71. The number of rotatable bonds is 2. The van der Waals surface area contributed by atoms with Crippen molar-refractivity contribution in [1.29, 1.82) is 0 Å². The molecule has 0 aliphatic rings. The van der Waals surface area contributed by atoms with Gasteiger partial charge in [0.2, 0.25) is 0 Å². The lowest BCUT2D eigenvalue weighted by Gasteiger charge is -1.76. The predicted octanol–water partition coefficient (Wildman–Crippen LogP) is 0.633. The molecule has 3 heteroatoms. The van der Waals surface area contributed by atoms with E-state index in [4.69, 9.17) is 9.59 Å². The Hall–Kier alpha value is -0.660. The van der Waals surface area contributed by atoms with E-state index in [1.807, 2.05) is 6.92 Å². The zero-order valence-corrected chi connectivity index (χ0v) is 4.85. The van der Waals surface area contributed by atoms with E-state index in [-0.39, 0.29) is 12.8 Å². The van der Waals surface area contributed by atoms with Crippen LogP contribution in [0.1, 0.15) is 19.8 Å². The molecule has 0 bridgehead atoms. The maximum absolute atomic E-state index is 9.53. The van der Waals surface area contributed by atoms with E-state index in [2.05, 4.69) is 0 Å². The highest BCUT2D eigenvalue weighted by atomic mass is 16.3. The van der Waals surface area contributed by atoms with Gasteiger partial charge in [0.1, 0.15) is 0 Å². The van der Waals surface area contributed by atoms with Gasteiger partial charge < -0.3 is 0 Å². The predicted molar refractivity (Wildman–Crippen MR) is 25.5 cm³/mol. The van der Waals surface area contributed by atoms with Crippen LogP contribution >= 0.6 is 0 Å². The number of hydrogen-bond donors (Lipinski definition) is 0. The van der Waals surface area contributed by atoms with Gasteiger partial charge >= 0.3 is 6.15 Å². The van der Waals surface area contributed by atoms with E-state index in [1.165, 1.54) is 0 Å². The lowest BCUT2D eigenvalue weighted by atomic mass is 10.4. The minimum atomic E-state index is 0.0938. The molecule has 0 spiro atoms. The summed E-state index contributed by atoms with van der Waals surface area (Å²) in [6.07, 6.45) is 2.11. The molecular formula is C5H9O3. The molecule has 0 rings (SSSR count). The number of carbonyl (C=O) groups excluding carboxylic acids is 2. The van der Waals surface area contributed by atoms with Crippen LogP contribution < -0.4 is 0 Å². The number of hydrogen-bond acceptors (Lipinski definition) is 2. The summed E-state index contributed by atoms with van der Waals surface area (Å²) in [4.78, 5) is 16.2. The molecule has 0 amide bonds. The molecule has 3 nitrogen and oxygen atoms in total. The van der Waals surface area contributed by atoms with E-state index >= 15 is 0 Å². The Balaban J connectivity index is 0. The van der Waals surface area contributed by atoms with E-state index in [0.29, 0.717) is 0 Å². The maximum Gasteiger partial charge on any atom is 0.373 e. The van der Waals surface area contributed by atoms with Crippen LogP contribution in [0, 0.1) is 0 Å². The van der Waals surface area contributed by atoms with Gasteiger partial charge in [-0.3, -0.25) is 0 Å². The van der Waals surface area contributed by atoms with E-state index in [0.717, 1.165) is 12.8 Å². The molecule has 0 aliphatic carbocycles. The first-order valence-corrected chi connectivity index (χ1v) is 2.40. The van der Waals surface area contributed by atoms with Crippen molar-refractivity contribution in [2.24, 2.45) is 0 Å². The molecule has 0 N–H and O–H groups in total. The Morgan fingerprint density at radius 3 is 1.75 bits per heavy atom.